The van der Waals surface area contributed by atoms with Gasteiger partial charge < -0.3 is 5.32 Å². The van der Waals surface area contributed by atoms with E-state index >= 15 is 0 Å². The molecule has 2 nitrogen and oxygen atoms in total. The molecular weight excluding hydrogens is 184 g/mol. The van der Waals surface area contributed by atoms with E-state index in [-0.39, 0.29) is 5.41 Å². The summed E-state index contributed by atoms with van der Waals surface area (Å²) in [5, 5.41) is 3.82. The van der Waals surface area contributed by atoms with E-state index in [4.69, 9.17) is 11.6 Å². The standard InChI is InChI=1S/C10H15ClN2/c1-10(2,3)7-13-8-4-5-9(11)12-6-8/h4-6,13H,7H2,1-3H3. The van der Waals surface area contributed by atoms with Crippen molar-refractivity contribution in [3.05, 3.63) is 23.5 Å². The molecule has 13 heavy (non-hydrogen) atoms. The van der Waals surface area contributed by atoms with Gasteiger partial charge in [-0.2, -0.15) is 0 Å². The predicted octanol–water partition coefficient (Wildman–Crippen LogP) is 3.19. The summed E-state index contributed by atoms with van der Waals surface area (Å²) in [4.78, 5) is 3.98. The van der Waals surface area contributed by atoms with Gasteiger partial charge in [-0.15, -0.1) is 0 Å². The maximum atomic E-state index is 5.66. The van der Waals surface area contributed by atoms with Crippen molar-refractivity contribution in [2.24, 2.45) is 5.41 Å². The summed E-state index contributed by atoms with van der Waals surface area (Å²) in [6.45, 7) is 7.48. The van der Waals surface area contributed by atoms with Gasteiger partial charge in [0.15, 0.2) is 0 Å². The SMILES string of the molecule is CC(C)(C)CNc1ccc(Cl)nc1. The molecule has 3 heteroatoms. The van der Waals surface area contributed by atoms with E-state index in [0.29, 0.717) is 5.15 Å². The smallest absolute Gasteiger partial charge is 0.129 e. The topological polar surface area (TPSA) is 24.9 Å². The van der Waals surface area contributed by atoms with Crippen LogP contribution < -0.4 is 5.32 Å². The van der Waals surface area contributed by atoms with Gasteiger partial charge >= 0.3 is 0 Å². The number of halogens is 1. The third-order valence-electron chi connectivity index (χ3n) is 1.55. The molecule has 1 aromatic rings. The first-order chi connectivity index (χ1) is 5.97. The number of aromatic nitrogens is 1. The van der Waals surface area contributed by atoms with E-state index in [1.165, 1.54) is 0 Å². The highest BCUT2D eigenvalue weighted by molar-refractivity contribution is 6.29. The average molecular weight is 199 g/mol. The van der Waals surface area contributed by atoms with E-state index < -0.39 is 0 Å². The molecule has 0 unspecified atom stereocenters. The van der Waals surface area contributed by atoms with Gasteiger partial charge in [0.1, 0.15) is 5.15 Å². The molecule has 0 fully saturated rings. The summed E-state index contributed by atoms with van der Waals surface area (Å²) >= 11 is 5.66. The monoisotopic (exact) mass is 198 g/mol. The fourth-order valence-corrected chi connectivity index (χ4v) is 0.959. The van der Waals surface area contributed by atoms with Crippen molar-refractivity contribution in [3.8, 4) is 0 Å². The highest BCUT2D eigenvalue weighted by atomic mass is 35.5. The van der Waals surface area contributed by atoms with Crippen LogP contribution in [0.4, 0.5) is 5.69 Å². The number of rotatable bonds is 2. The number of nitrogens with zero attached hydrogens (tertiary/aromatic N) is 1. The van der Waals surface area contributed by atoms with Gasteiger partial charge in [-0.1, -0.05) is 32.4 Å². The quantitative estimate of drug-likeness (QED) is 0.739. The van der Waals surface area contributed by atoms with Gasteiger partial charge in [-0.05, 0) is 17.5 Å². The predicted molar refractivity (Wildman–Crippen MR) is 57.2 cm³/mol. The van der Waals surface area contributed by atoms with Crippen LogP contribution in [0.2, 0.25) is 5.15 Å². The Morgan fingerprint density at radius 3 is 2.54 bits per heavy atom. The largest absolute Gasteiger partial charge is 0.383 e. The zero-order valence-electron chi connectivity index (χ0n) is 8.26. The summed E-state index contributed by atoms with van der Waals surface area (Å²) in [6, 6.07) is 3.72. The molecule has 0 saturated carbocycles. The van der Waals surface area contributed by atoms with Crippen LogP contribution in [0, 0.1) is 5.41 Å². The van der Waals surface area contributed by atoms with Gasteiger partial charge in [-0.3, -0.25) is 0 Å². The normalized spacial score (nSPS) is 11.4. The third-order valence-corrected chi connectivity index (χ3v) is 1.77. The minimum atomic E-state index is 0.277. The van der Waals surface area contributed by atoms with Crippen molar-refractivity contribution >= 4 is 17.3 Å². The van der Waals surface area contributed by atoms with E-state index in [1.807, 2.05) is 6.07 Å². The molecule has 0 aliphatic rings. The van der Waals surface area contributed by atoms with Crippen LogP contribution in [0.1, 0.15) is 20.8 Å². The maximum Gasteiger partial charge on any atom is 0.129 e. The molecule has 0 saturated heterocycles. The zero-order valence-corrected chi connectivity index (χ0v) is 9.02. The van der Waals surface area contributed by atoms with Gasteiger partial charge in [-0.25, -0.2) is 4.98 Å². The van der Waals surface area contributed by atoms with Crippen molar-refractivity contribution < 1.29 is 0 Å². The van der Waals surface area contributed by atoms with Crippen molar-refractivity contribution in [2.75, 3.05) is 11.9 Å². The maximum absolute atomic E-state index is 5.66. The molecule has 0 amide bonds. The molecule has 0 radical (unpaired) electrons. The van der Waals surface area contributed by atoms with Crippen LogP contribution in [0.25, 0.3) is 0 Å². The molecule has 0 atom stereocenters. The van der Waals surface area contributed by atoms with Crippen molar-refractivity contribution in [3.63, 3.8) is 0 Å². The Bertz CT molecular complexity index is 261. The second kappa shape index (κ2) is 3.97. The number of pyridine rings is 1. The fourth-order valence-electron chi connectivity index (χ4n) is 0.848. The zero-order chi connectivity index (χ0) is 9.90. The summed E-state index contributed by atoms with van der Waals surface area (Å²) in [7, 11) is 0. The van der Waals surface area contributed by atoms with E-state index in [0.717, 1.165) is 12.2 Å². The van der Waals surface area contributed by atoms with Crippen LogP contribution in [0.5, 0.6) is 0 Å². The minimum Gasteiger partial charge on any atom is -0.383 e. The first kappa shape index (κ1) is 10.3. The second-order valence-corrected chi connectivity index (χ2v) is 4.67. The summed E-state index contributed by atoms with van der Waals surface area (Å²) < 4.78 is 0. The van der Waals surface area contributed by atoms with Crippen molar-refractivity contribution in [1.29, 1.82) is 0 Å². The number of hydrogen-bond donors (Lipinski definition) is 1. The molecule has 1 heterocycles. The summed E-state index contributed by atoms with van der Waals surface area (Å²) in [6.07, 6.45) is 1.74. The van der Waals surface area contributed by atoms with Gasteiger partial charge in [0.25, 0.3) is 0 Å². The lowest BCUT2D eigenvalue weighted by Crippen LogP contribution is -2.18. The molecule has 1 aromatic heterocycles. The Labute approximate surface area is 84.3 Å². The van der Waals surface area contributed by atoms with E-state index in [1.54, 1.807) is 12.3 Å². The van der Waals surface area contributed by atoms with Crippen LogP contribution in [-0.2, 0) is 0 Å². The Morgan fingerprint density at radius 2 is 2.08 bits per heavy atom. The second-order valence-electron chi connectivity index (χ2n) is 4.28. The molecule has 1 N–H and O–H groups in total. The Hall–Kier alpha value is -0.760. The minimum absolute atomic E-state index is 0.277. The summed E-state index contributed by atoms with van der Waals surface area (Å²) in [5.41, 5.74) is 1.29. The third kappa shape index (κ3) is 4.13. The van der Waals surface area contributed by atoms with Crippen LogP contribution >= 0.6 is 11.6 Å². The molecule has 0 spiro atoms. The first-order valence-corrected chi connectivity index (χ1v) is 4.71. The van der Waals surface area contributed by atoms with Gasteiger partial charge in [0, 0.05) is 6.54 Å². The lowest BCUT2D eigenvalue weighted by atomic mass is 9.97. The van der Waals surface area contributed by atoms with Gasteiger partial charge in [0.05, 0.1) is 11.9 Å². The lowest BCUT2D eigenvalue weighted by Gasteiger charge is -2.19. The molecule has 1 rings (SSSR count). The first-order valence-electron chi connectivity index (χ1n) is 4.33. The van der Waals surface area contributed by atoms with E-state index in [9.17, 15) is 0 Å². The molecule has 0 aliphatic carbocycles. The Kier molecular flexibility index (Phi) is 3.15. The number of hydrogen-bond acceptors (Lipinski definition) is 2. The fraction of sp³-hybridized carbons (Fsp3) is 0.500. The van der Waals surface area contributed by atoms with Crippen molar-refractivity contribution in [1.82, 2.24) is 4.98 Å². The summed E-state index contributed by atoms with van der Waals surface area (Å²) in [5.74, 6) is 0. The highest BCUT2D eigenvalue weighted by Gasteiger charge is 2.08. The molecule has 72 valence electrons. The highest BCUT2D eigenvalue weighted by Crippen LogP contribution is 2.15. The molecule has 0 aliphatic heterocycles. The van der Waals surface area contributed by atoms with Gasteiger partial charge in [0.2, 0.25) is 0 Å². The van der Waals surface area contributed by atoms with Crippen LogP contribution in [-0.4, -0.2) is 11.5 Å². The Balaban J connectivity index is 2.51. The lowest BCUT2D eigenvalue weighted by molar-refractivity contribution is 0.443. The van der Waals surface area contributed by atoms with Crippen LogP contribution in [0.3, 0.4) is 0 Å². The molecule has 0 bridgehead atoms. The number of nitrogens with one attached hydrogen (secondary N) is 1. The average Bonchev–Trinajstić information content (AvgIpc) is 2.02. The Morgan fingerprint density at radius 1 is 1.38 bits per heavy atom. The van der Waals surface area contributed by atoms with E-state index in [2.05, 4.69) is 31.1 Å². The van der Waals surface area contributed by atoms with Crippen LogP contribution in [0.15, 0.2) is 18.3 Å². The molecule has 0 aromatic carbocycles. The molecular formula is C10H15ClN2. The van der Waals surface area contributed by atoms with Crippen molar-refractivity contribution in [2.45, 2.75) is 20.8 Å². The number of anilines is 1.